The summed E-state index contributed by atoms with van der Waals surface area (Å²) in [6.07, 6.45) is 3.70. The van der Waals surface area contributed by atoms with Gasteiger partial charge >= 0.3 is 0 Å². The number of aryl methyl sites for hydroxylation is 1. The molecule has 1 atom stereocenters. The fourth-order valence-corrected chi connectivity index (χ4v) is 2.68. The Hall–Kier alpha value is -2.40. The SMILES string of the molecule is Cc1ccc(OC[C@]2(O)CCN(C(=O)c3ccncc3)C2)cc1. The standard InChI is InChI=1S/C18H20N2O3/c1-14-2-4-16(5-3-14)23-13-18(22)8-11-20(12-18)17(21)15-6-9-19-10-7-15/h2-7,9-10,22H,8,11-13H2,1H3/t18-/m0/s1. The third kappa shape index (κ3) is 3.68. The number of nitrogens with zero attached hydrogens (tertiary/aromatic N) is 2. The molecule has 0 aliphatic carbocycles. The van der Waals surface area contributed by atoms with E-state index in [1.54, 1.807) is 29.4 Å². The van der Waals surface area contributed by atoms with Crippen LogP contribution in [0, 0.1) is 6.92 Å². The van der Waals surface area contributed by atoms with Crippen LogP contribution < -0.4 is 4.74 Å². The summed E-state index contributed by atoms with van der Waals surface area (Å²) in [6.45, 7) is 2.99. The van der Waals surface area contributed by atoms with Crippen molar-refractivity contribution < 1.29 is 14.6 Å². The zero-order valence-electron chi connectivity index (χ0n) is 13.1. The Balaban J connectivity index is 1.59. The van der Waals surface area contributed by atoms with Gasteiger partial charge in [-0.25, -0.2) is 0 Å². The molecule has 0 radical (unpaired) electrons. The quantitative estimate of drug-likeness (QED) is 0.938. The van der Waals surface area contributed by atoms with Gasteiger partial charge in [-0.1, -0.05) is 17.7 Å². The van der Waals surface area contributed by atoms with Gasteiger partial charge in [-0.3, -0.25) is 9.78 Å². The number of aliphatic hydroxyl groups is 1. The number of aromatic nitrogens is 1. The van der Waals surface area contributed by atoms with Gasteiger partial charge in [-0.2, -0.15) is 0 Å². The van der Waals surface area contributed by atoms with Gasteiger partial charge in [-0.05, 0) is 37.6 Å². The largest absolute Gasteiger partial charge is 0.491 e. The first-order valence-corrected chi connectivity index (χ1v) is 7.67. The molecular weight excluding hydrogens is 292 g/mol. The predicted molar refractivity (Wildman–Crippen MR) is 86.4 cm³/mol. The number of carbonyl (C=O) groups excluding carboxylic acids is 1. The molecule has 1 N–H and O–H groups in total. The molecule has 0 bridgehead atoms. The zero-order valence-corrected chi connectivity index (χ0v) is 13.1. The van der Waals surface area contributed by atoms with Crippen LogP contribution >= 0.6 is 0 Å². The number of pyridine rings is 1. The summed E-state index contributed by atoms with van der Waals surface area (Å²) in [4.78, 5) is 18.0. The Morgan fingerprint density at radius 1 is 1.26 bits per heavy atom. The first kappa shape index (κ1) is 15.5. The van der Waals surface area contributed by atoms with Gasteiger partial charge in [0.05, 0.1) is 6.54 Å². The number of hydrogen-bond donors (Lipinski definition) is 1. The van der Waals surface area contributed by atoms with Crippen LogP contribution in [0.2, 0.25) is 0 Å². The van der Waals surface area contributed by atoms with E-state index in [4.69, 9.17) is 4.74 Å². The number of ether oxygens (including phenoxy) is 1. The van der Waals surface area contributed by atoms with E-state index >= 15 is 0 Å². The highest BCUT2D eigenvalue weighted by atomic mass is 16.5. The molecular formula is C18H20N2O3. The summed E-state index contributed by atoms with van der Waals surface area (Å²) in [6, 6.07) is 11.1. The first-order valence-electron chi connectivity index (χ1n) is 7.67. The smallest absolute Gasteiger partial charge is 0.254 e. The van der Waals surface area contributed by atoms with Gasteiger partial charge in [0.25, 0.3) is 5.91 Å². The van der Waals surface area contributed by atoms with Gasteiger partial charge in [-0.15, -0.1) is 0 Å². The van der Waals surface area contributed by atoms with E-state index in [0.29, 0.717) is 18.5 Å². The number of likely N-dealkylation sites (tertiary alicyclic amines) is 1. The monoisotopic (exact) mass is 312 g/mol. The van der Waals surface area contributed by atoms with Crippen LogP contribution in [0.1, 0.15) is 22.3 Å². The second-order valence-corrected chi connectivity index (χ2v) is 6.04. The third-order valence-electron chi connectivity index (χ3n) is 4.08. The molecule has 1 aliphatic rings. The average molecular weight is 312 g/mol. The molecule has 1 saturated heterocycles. The first-order chi connectivity index (χ1) is 11.1. The van der Waals surface area contributed by atoms with E-state index in [1.165, 1.54) is 0 Å². The van der Waals surface area contributed by atoms with Crippen molar-refractivity contribution in [2.45, 2.75) is 18.9 Å². The highest BCUT2D eigenvalue weighted by Crippen LogP contribution is 2.24. The topological polar surface area (TPSA) is 62.7 Å². The number of hydrogen-bond acceptors (Lipinski definition) is 4. The van der Waals surface area contributed by atoms with Gasteiger partial charge in [0.1, 0.15) is 18.0 Å². The predicted octanol–water partition coefficient (Wildman–Crippen LogP) is 2.05. The second kappa shape index (κ2) is 6.38. The number of amides is 1. The lowest BCUT2D eigenvalue weighted by Gasteiger charge is -2.23. The van der Waals surface area contributed by atoms with E-state index in [2.05, 4.69) is 4.98 Å². The summed E-state index contributed by atoms with van der Waals surface area (Å²) < 4.78 is 5.68. The molecule has 23 heavy (non-hydrogen) atoms. The van der Waals surface area contributed by atoms with Crippen molar-refractivity contribution in [2.75, 3.05) is 19.7 Å². The summed E-state index contributed by atoms with van der Waals surface area (Å²) >= 11 is 0. The maximum Gasteiger partial charge on any atom is 0.254 e. The van der Waals surface area contributed by atoms with Crippen LogP contribution in [0.5, 0.6) is 5.75 Å². The van der Waals surface area contributed by atoms with Gasteiger partial charge in [0.2, 0.25) is 0 Å². The van der Waals surface area contributed by atoms with Crippen LogP contribution in [-0.2, 0) is 0 Å². The minimum Gasteiger partial charge on any atom is -0.491 e. The normalized spacial score (nSPS) is 20.5. The molecule has 1 amide bonds. The molecule has 2 heterocycles. The van der Waals surface area contributed by atoms with E-state index in [9.17, 15) is 9.90 Å². The molecule has 0 spiro atoms. The van der Waals surface area contributed by atoms with E-state index in [1.807, 2.05) is 31.2 Å². The van der Waals surface area contributed by atoms with Crippen molar-refractivity contribution in [3.05, 3.63) is 59.9 Å². The maximum absolute atomic E-state index is 12.4. The van der Waals surface area contributed by atoms with E-state index in [-0.39, 0.29) is 19.1 Å². The molecule has 0 unspecified atom stereocenters. The van der Waals surface area contributed by atoms with Crippen molar-refractivity contribution in [2.24, 2.45) is 0 Å². The molecule has 1 fully saturated rings. The minimum atomic E-state index is -1.01. The molecule has 1 aliphatic heterocycles. The summed E-state index contributed by atoms with van der Waals surface area (Å²) in [5.41, 5.74) is 0.739. The van der Waals surface area contributed by atoms with Crippen LogP contribution in [0.3, 0.4) is 0 Å². The van der Waals surface area contributed by atoms with Crippen LogP contribution in [0.15, 0.2) is 48.8 Å². The molecule has 3 rings (SSSR count). The molecule has 5 nitrogen and oxygen atoms in total. The fourth-order valence-electron chi connectivity index (χ4n) is 2.68. The lowest BCUT2D eigenvalue weighted by Crippen LogP contribution is -2.40. The Morgan fingerprint density at radius 3 is 2.65 bits per heavy atom. The Bertz CT molecular complexity index is 672. The molecule has 2 aromatic rings. The summed E-state index contributed by atoms with van der Waals surface area (Å²) in [5, 5.41) is 10.6. The number of rotatable bonds is 4. The van der Waals surface area contributed by atoms with Gasteiger partial charge in [0, 0.05) is 24.5 Å². The number of β-amino-alcohol motifs (C(OH)–C–C–N with tert-alkyl or cyclic N) is 1. The maximum atomic E-state index is 12.4. The van der Waals surface area contributed by atoms with Crippen molar-refractivity contribution in [1.82, 2.24) is 9.88 Å². The second-order valence-electron chi connectivity index (χ2n) is 6.04. The molecule has 5 heteroatoms. The van der Waals surface area contributed by atoms with Crippen molar-refractivity contribution in [3.63, 3.8) is 0 Å². The Morgan fingerprint density at radius 2 is 1.96 bits per heavy atom. The van der Waals surface area contributed by atoms with Crippen LogP contribution in [-0.4, -0.2) is 46.2 Å². The average Bonchev–Trinajstić information content (AvgIpc) is 2.97. The van der Waals surface area contributed by atoms with Crippen molar-refractivity contribution in [3.8, 4) is 5.75 Å². The summed E-state index contributed by atoms with van der Waals surface area (Å²) in [7, 11) is 0. The highest BCUT2D eigenvalue weighted by molar-refractivity contribution is 5.94. The Labute approximate surface area is 135 Å². The van der Waals surface area contributed by atoms with E-state index in [0.717, 1.165) is 11.3 Å². The number of benzene rings is 1. The third-order valence-corrected chi connectivity index (χ3v) is 4.08. The lowest BCUT2D eigenvalue weighted by molar-refractivity contribution is 0.00430. The van der Waals surface area contributed by atoms with Crippen LogP contribution in [0.4, 0.5) is 0 Å². The zero-order chi connectivity index (χ0) is 16.3. The minimum absolute atomic E-state index is 0.0846. The van der Waals surface area contributed by atoms with Crippen molar-refractivity contribution >= 4 is 5.91 Å². The van der Waals surface area contributed by atoms with Crippen LogP contribution in [0.25, 0.3) is 0 Å². The van der Waals surface area contributed by atoms with Gasteiger partial charge in [0.15, 0.2) is 0 Å². The summed E-state index contributed by atoms with van der Waals surface area (Å²) in [5.74, 6) is 0.640. The van der Waals surface area contributed by atoms with E-state index < -0.39 is 5.60 Å². The van der Waals surface area contributed by atoms with Crippen molar-refractivity contribution in [1.29, 1.82) is 0 Å². The molecule has 1 aromatic heterocycles. The van der Waals surface area contributed by atoms with Gasteiger partial charge < -0.3 is 14.7 Å². The lowest BCUT2D eigenvalue weighted by atomic mass is 10.1. The molecule has 1 aromatic carbocycles. The number of carbonyl (C=O) groups is 1. The Kier molecular flexibility index (Phi) is 4.30. The molecule has 0 saturated carbocycles. The fraction of sp³-hybridized carbons (Fsp3) is 0.333. The highest BCUT2D eigenvalue weighted by Gasteiger charge is 2.39. The molecule has 120 valence electrons.